The molecule has 0 aromatic carbocycles. The molecule has 0 aliphatic carbocycles. The topological polar surface area (TPSA) is 80.3 Å². The van der Waals surface area contributed by atoms with Gasteiger partial charge in [0.25, 0.3) is 0 Å². The molecule has 2 atom stereocenters. The standard InChI is InChI=1S/2CH5O2P.CH4.Ca/c2*1-4(2)3;;/h2*4H,1H3,(H,2,3);1H4;/q;;;+2/p-2. The summed E-state index contributed by atoms with van der Waals surface area (Å²) in [5, 5.41) is 0. The van der Waals surface area contributed by atoms with Crippen LogP contribution in [0.2, 0.25) is 0 Å². The molecular weight excluding hydrogens is 202 g/mol. The molecule has 60 valence electrons. The van der Waals surface area contributed by atoms with Gasteiger partial charge in [-0.1, -0.05) is 7.43 Å². The van der Waals surface area contributed by atoms with Gasteiger partial charge < -0.3 is 18.9 Å². The molecule has 2 unspecified atom stereocenters. The molecule has 0 saturated heterocycles. The Labute approximate surface area is 92.8 Å². The van der Waals surface area contributed by atoms with Crippen LogP contribution in [0.3, 0.4) is 0 Å². The zero-order valence-corrected chi connectivity index (χ0v) is 9.55. The Bertz CT molecular complexity index is 76.5. The van der Waals surface area contributed by atoms with E-state index in [-0.39, 0.29) is 45.2 Å². The molecule has 0 bridgehead atoms. The quantitative estimate of drug-likeness (QED) is 0.389. The van der Waals surface area contributed by atoms with Gasteiger partial charge in [0.15, 0.2) is 0 Å². The van der Waals surface area contributed by atoms with Crippen molar-refractivity contribution in [3.8, 4) is 0 Å². The Balaban J connectivity index is -0.0000000300. The molecule has 0 aliphatic rings. The van der Waals surface area contributed by atoms with E-state index in [1.54, 1.807) is 0 Å². The van der Waals surface area contributed by atoms with Gasteiger partial charge in [-0.15, -0.1) is 0 Å². The van der Waals surface area contributed by atoms with Crippen molar-refractivity contribution < 1.29 is 18.9 Å². The summed E-state index contributed by atoms with van der Waals surface area (Å²) in [7, 11) is -4.76. The Morgan fingerprint density at radius 3 is 1.00 bits per heavy atom. The first-order chi connectivity index (χ1) is 3.46. The molecule has 0 saturated carbocycles. The summed E-state index contributed by atoms with van der Waals surface area (Å²) in [6.45, 7) is 2.31. The third kappa shape index (κ3) is 268. The maximum Gasteiger partial charge on any atom is 2.00 e. The van der Waals surface area contributed by atoms with Crippen LogP contribution < -0.4 is 9.79 Å². The minimum absolute atomic E-state index is 0. The third-order valence-corrected chi connectivity index (χ3v) is 0. The smallest absolute Gasteiger partial charge is 0.802 e. The number of hydrogen-bond acceptors (Lipinski definition) is 4. The monoisotopic (exact) mass is 214 g/mol. The van der Waals surface area contributed by atoms with E-state index in [0.29, 0.717) is 0 Å². The molecule has 0 fully saturated rings. The fourth-order valence-corrected chi connectivity index (χ4v) is 0. The summed E-state index contributed by atoms with van der Waals surface area (Å²) in [5.74, 6) is 0. The fraction of sp³-hybridized carbons (Fsp3) is 1.00. The van der Waals surface area contributed by atoms with Crippen LogP contribution in [0.5, 0.6) is 0 Å². The molecule has 10 heavy (non-hydrogen) atoms. The molecule has 7 heteroatoms. The Morgan fingerprint density at radius 2 is 1.00 bits per heavy atom. The van der Waals surface area contributed by atoms with Gasteiger partial charge in [-0.3, -0.25) is 0 Å². The molecule has 0 amide bonds. The molecule has 0 radical (unpaired) electrons. The first-order valence-electron chi connectivity index (χ1n) is 1.82. The summed E-state index contributed by atoms with van der Waals surface area (Å²) in [6.07, 6.45) is 0. The van der Waals surface area contributed by atoms with Crippen LogP contribution in [0.25, 0.3) is 0 Å². The second kappa shape index (κ2) is 16.9. The van der Waals surface area contributed by atoms with Gasteiger partial charge in [0.1, 0.15) is 0 Å². The van der Waals surface area contributed by atoms with E-state index < -0.39 is 16.1 Å². The van der Waals surface area contributed by atoms with Crippen molar-refractivity contribution in [1.82, 2.24) is 0 Å². The summed E-state index contributed by atoms with van der Waals surface area (Å²) in [6, 6.07) is 0. The largest absolute Gasteiger partial charge is 2.00 e. The van der Waals surface area contributed by atoms with Gasteiger partial charge in [-0.2, -0.15) is 0 Å². The van der Waals surface area contributed by atoms with Crippen LogP contribution in [0.15, 0.2) is 0 Å². The molecule has 0 aromatic rings. The van der Waals surface area contributed by atoms with Gasteiger partial charge >= 0.3 is 37.7 Å². The van der Waals surface area contributed by atoms with Crippen molar-refractivity contribution >= 4 is 53.8 Å². The van der Waals surface area contributed by atoms with Crippen LogP contribution in [-0.4, -0.2) is 51.1 Å². The van der Waals surface area contributed by atoms with Crippen molar-refractivity contribution in [2.45, 2.75) is 7.43 Å². The van der Waals surface area contributed by atoms with Crippen LogP contribution in [0.1, 0.15) is 7.43 Å². The van der Waals surface area contributed by atoms with Crippen molar-refractivity contribution in [3.63, 3.8) is 0 Å². The maximum absolute atomic E-state index is 9.07. The molecule has 0 spiro atoms. The SMILES string of the molecule is C.C[PH](=O)[O-].C[PH](=O)[O-].[Ca+2]. The first-order valence-corrected chi connectivity index (χ1v) is 5.45. The average molecular weight is 214 g/mol. The zero-order chi connectivity index (χ0) is 7.15. The van der Waals surface area contributed by atoms with E-state index in [1.807, 2.05) is 0 Å². The van der Waals surface area contributed by atoms with Crippen LogP contribution in [0, 0.1) is 0 Å². The predicted octanol–water partition coefficient (Wildman–Crippen LogP) is -0.842. The van der Waals surface area contributed by atoms with Crippen molar-refractivity contribution in [2.24, 2.45) is 0 Å². The summed E-state index contributed by atoms with van der Waals surface area (Å²) < 4.78 is 18.1. The van der Waals surface area contributed by atoms with Crippen molar-refractivity contribution in [3.05, 3.63) is 0 Å². The van der Waals surface area contributed by atoms with Gasteiger partial charge in [-0.25, -0.2) is 0 Å². The Kier molecular flexibility index (Phi) is 38.2. The first kappa shape index (κ1) is 22.6. The van der Waals surface area contributed by atoms with Gasteiger partial charge in [0.2, 0.25) is 0 Å². The molecule has 0 rings (SSSR count). The van der Waals surface area contributed by atoms with E-state index >= 15 is 0 Å². The Hall–Kier alpha value is 1.64. The van der Waals surface area contributed by atoms with Crippen LogP contribution in [0.4, 0.5) is 0 Å². The normalized spacial score (nSPS) is 12.4. The predicted molar refractivity (Wildman–Crippen MR) is 42.3 cm³/mol. The number of hydrogen-bond donors (Lipinski definition) is 0. The van der Waals surface area contributed by atoms with E-state index in [2.05, 4.69) is 0 Å². The van der Waals surface area contributed by atoms with E-state index in [1.165, 1.54) is 0 Å². The summed E-state index contributed by atoms with van der Waals surface area (Å²) >= 11 is 0. The Morgan fingerprint density at radius 1 is 1.00 bits per heavy atom. The second-order valence-electron chi connectivity index (χ2n) is 0.983. The molecular formula is C3H12CaO4P2. The molecule has 4 nitrogen and oxygen atoms in total. The minimum Gasteiger partial charge on any atom is -0.802 e. The molecule has 0 N–H and O–H groups in total. The van der Waals surface area contributed by atoms with Crippen molar-refractivity contribution in [1.29, 1.82) is 0 Å². The average Bonchev–Trinajstić information content (AvgIpc) is 1.25. The molecule has 0 aliphatic heterocycles. The molecule has 0 heterocycles. The summed E-state index contributed by atoms with van der Waals surface area (Å²) in [5.41, 5.74) is 0. The molecule has 0 aromatic heterocycles. The summed E-state index contributed by atoms with van der Waals surface area (Å²) in [4.78, 5) is 18.1. The zero-order valence-electron chi connectivity index (χ0n) is 5.34. The fourth-order valence-electron chi connectivity index (χ4n) is 0. The van der Waals surface area contributed by atoms with Gasteiger partial charge in [0, 0.05) is 0 Å². The third-order valence-electron chi connectivity index (χ3n) is 0. The van der Waals surface area contributed by atoms with Gasteiger partial charge in [-0.05, 0) is 29.4 Å². The van der Waals surface area contributed by atoms with E-state index in [9.17, 15) is 0 Å². The van der Waals surface area contributed by atoms with Crippen molar-refractivity contribution in [2.75, 3.05) is 13.3 Å². The number of rotatable bonds is 0. The van der Waals surface area contributed by atoms with E-state index in [0.717, 1.165) is 13.3 Å². The van der Waals surface area contributed by atoms with E-state index in [4.69, 9.17) is 18.9 Å². The minimum atomic E-state index is -2.38. The second-order valence-corrected chi connectivity index (χ2v) is 2.95. The van der Waals surface area contributed by atoms with Crippen LogP contribution >= 0.6 is 16.1 Å². The van der Waals surface area contributed by atoms with Gasteiger partial charge in [0.05, 0.1) is 0 Å². The maximum atomic E-state index is 9.07. The van der Waals surface area contributed by atoms with Crippen LogP contribution in [-0.2, 0) is 9.13 Å².